The van der Waals surface area contributed by atoms with Gasteiger partial charge in [-0.2, -0.15) is 0 Å². The van der Waals surface area contributed by atoms with Crippen LogP contribution in [0.1, 0.15) is 31.0 Å². The number of nitrogens with two attached hydrogens (primary N) is 1. The second-order valence-electron chi connectivity index (χ2n) is 5.21. The zero-order chi connectivity index (χ0) is 15.9. The van der Waals surface area contributed by atoms with Crippen molar-refractivity contribution in [1.82, 2.24) is 5.32 Å². The molecule has 1 amide bonds. The number of carbonyl (C=O) groups excluding carboxylic acids is 1. The lowest BCUT2D eigenvalue weighted by Gasteiger charge is -2.15. The third-order valence-corrected chi connectivity index (χ3v) is 4.31. The minimum absolute atomic E-state index is 0. The standard InChI is InChI=1S/C18H22N2OS.ClH/c1-3-22-17-10-6-15(7-11-17)13(2)20-18(21)12-14-4-8-16(19)9-5-14;/h4-11,13H,3,12,19H2,1-2H3,(H,20,21);1H. The van der Waals surface area contributed by atoms with Gasteiger partial charge >= 0.3 is 0 Å². The normalized spacial score (nSPS) is 11.4. The van der Waals surface area contributed by atoms with Crippen molar-refractivity contribution >= 4 is 35.8 Å². The minimum atomic E-state index is 0. The summed E-state index contributed by atoms with van der Waals surface area (Å²) >= 11 is 1.81. The van der Waals surface area contributed by atoms with E-state index < -0.39 is 0 Å². The topological polar surface area (TPSA) is 55.1 Å². The van der Waals surface area contributed by atoms with Gasteiger partial charge in [0.2, 0.25) is 5.91 Å². The monoisotopic (exact) mass is 350 g/mol. The molecule has 1 unspecified atom stereocenters. The van der Waals surface area contributed by atoms with Gasteiger partial charge < -0.3 is 11.1 Å². The van der Waals surface area contributed by atoms with E-state index in [1.807, 2.05) is 43.0 Å². The van der Waals surface area contributed by atoms with Crippen LogP contribution in [0.4, 0.5) is 5.69 Å². The third kappa shape index (κ3) is 6.16. The molecule has 3 nitrogen and oxygen atoms in total. The number of rotatable bonds is 6. The Morgan fingerprint density at radius 2 is 1.74 bits per heavy atom. The van der Waals surface area contributed by atoms with Gasteiger partial charge in [-0.1, -0.05) is 31.2 Å². The number of anilines is 1. The van der Waals surface area contributed by atoms with E-state index in [-0.39, 0.29) is 24.4 Å². The van der Waals surface area contributed by atoms with Crippen LogP contribution in [0.25, 0.3) is 0 Å². The van der Waals surface area contributed by atoms with Crippen LogP contribution in [0.5, 0.6) is 0 Å². The lowest BCUT2D eigenvalue weighted by Crippen LogP contribution is -2.28. The first-order valence-corrected chi connectivity index (χ1v) is 8.43. The third-order valence-electron chi connectivity index (χ3n) is 3.41. The van der Waals surface area contributed by atoms with E-state index in [1.165, 1.54) is 4.90 Å². The van der Waals surface area contributed by atoms with Crippen molar-refractivity contribution in [2.75, 3.05) is 11.5 Å². The Hall–Kier alpha value is -1.65. The summed E-state index contributed by atoms with van der Waals surface area (Å²) in [4.78, 5) is 13.4. The van der Waals surface area contributed by atoms with Crippen LogP contribution in [-0.4, -0.2) is 11.7 Å². The van der Waals surface area contributed by atoms with E-state index in [0.717, 1.165) is 16.9 Å². The molecule has 2 rings (SSSR count). The average molecular weight is 351 g/mol. The van der Waals surface area contributed by atoms with E-state index in [4.69, 9.17) is 5.73 Å². The molecule has 0 saturated heterocycles. The van der Waals surface area contributed by atoms with Gasteiger partial charge in [0.05, 0.1) is 12.5 Å². The molecule has 124 valence electrons. The molecule has 2 aromatic carbocycles. The van der Waals surface area contributed by atoms with Crippen LogP contribution in [-0.2, 0) is 11.2 Å². The van der Waals surface area contributed by atoms with Gasteiger partial charge in [-0.25, -0.2) is 0 Å². The Kier molecular flexibility index (Phi) is 8.00. The number of amides is 1. The van der Waals surface area contributed by atoms with E-state index in [9.17, 15) is 4.79 Å². The van der Waals surface area contributed by atoms with Crippen LogP contribution >= 0.6 is 24.2 Å². The molecule has 0 aromatic heterocycles. The summed E-state index contributed by atoms with van der Waals surface area (Å²) in [6, 6.07) is 15.8. The fourth-order valence-corrected chi connectivity index (χ4v) is 2.88. The molecule has 3 N–H and O–H groups in total. The number of thioether (sulfide) groups is 1. The van der Waals surface area contributed by atoms with Crippen molar-refractivity contribution in [2.45, 2.75) is 31.2 Å². The maximum absolute atomic E-state index is 12.1. The second-order valence-corrected chi connectivity index (χ2v) is 6.55. The maximum atomic E-state index is 12.1. The van der Waals surface area contributed by atoms with Gasteiger partial charge in [0.25, 0.3) is 0 Å². The lowest BCUT2D eigenvalue weighted by atomic mass is 10.1. The first-order valence-electron chi connectivity index (χ1n) is 7.45. The van der Waals surface area contributed by atoms with Crippen LogP contribution in [0.3, 0.4) is 0 Å². The summed E-state index contributed by atoms with van der Waals surface area (Å²) in [6.07, 6.45) is 0.369. The highest BCUT2D eigenvalue weighted by atomic mass is 35.5. The highest BCUT2D eigenvalue weighted by molar-refractivity contribution is 7.99. The largest absolute Gasteiger partial charge is 0.399 e. The van der Waals surface area contributed by atoms with E-state index >= 15 is 0 Å². The Morgan fingerprint density at radius 3 is 2.30 bits per heavy atom. The van der Waals surface area contributed by atoms with E-state index in [1.54, 1.807) is 0 Å². The van der Waals surface area contributed by atoms with Gasteiger partial charge in [0, 0.05) is 10.6 Å². The van der Waals surface area contributed by atoms with Crippen molar-refractivity contribution in [2.24, 2.45) is 0 Å². The van der Waals surface area contributed by atoms with Crippen LogP contribution in [0.15, 0.2) is 53.4 Å². The highest BCUT2D eigenvalue weighted by Crippen LogP contribution is 2.20. The summed E-state index contributed by atoms with van der Waals surface area (Å²) < 4.78 is 0. The van der Waals surface area contributed by atoms with Gasteiger partial charge in [-0.15, -0.1) is 24.2 Å². The van der Waals surface area contributed by atoms with E-state index in [0.29, 0.717) is 12.1 Å². The average Bonchev–Trinajstić information content (AvgIpc) is 2.50. The van der Waals surface area contributed by atoms with E-state index in [2.05, 4.69) is 36.5 Å². The molecule has 0 aliphatic rings. The molecule has 0 spiro atoms. The summed E-state index contributed by atoms with van der Waals surface area (Å²) in [5.74, 6) is 1.08. The lowest BCUT2D eigenvalue weighted by molar-refractivity contribution is -0.121. The molecule has 0 radical (unpaired) electrons. The molecule has 0 saturated carbocycles. The fourth-order valence-electron chi connectivity index (χ4n) is 2.22. The Bertz CT molecular complexity index is 614. The number of halogens is 1. The number of hydrogen-bond donors (Lipinski definition) is 2. The van der Waals surface area contributed by atoms with Crippen molar-refractivity contribution in [3.05, 3.63) is 59.7 Å². The molecule has 0 bridgehead atoms. The zero-order valence-corrected chi connectivity index (χ0v) is 15.0. The molecule has 2 aromatic rings. The summed E-state index contributed by atoms with van der Waals surface area (Å²) in [5, 5.41) is 3.03. The molecule has 0 aliphatic carbocycles. The van der Waals surface area contributed by atoms with Crippen molar-refractivity contribution in [3.8, 4) is 0 Å². The molecule has 1 atom stereocenters. The van der Waals surface area contributed by atoms with Crippen molar-refractivity contribution in [3.63, 3.8) is 0 Å². The van der Waals surface area contributed by atoms with Crippen molar-refractivity contribution < 1.29 is 4.79 Å². The molecule has 0 aliphatic heterocycles. The molecule has 0 fully saturated rings. The Labute approximate surface area is 148 Å². The fraction of sp³-hybridized carbons (Fsp3) is 0.278. The number of nitrogen functional groups attached to an aromatic ring is 1. The number of nitrogens with one attached hydrogen (secondary N) is 1. The summed E-state index contributed by atoms with van der Waals surface area (Å²) in [5.41, 5.74) is 8.44. The van der Waals surface area contributed by atoms with Crippen LogP contribution in [0.2, 0.25) is 0 Å². The van der Waals surface area contributed by atoms with Crippen LogP contribution < -0.4 is 11.1 Å². The molecular weight excluding hydrogens is 328 g/mol. The van der Waals surface area contributed by atoms with Gasteiger partial charge in [-0.3, -0.25) is 4.79 Å². The smallest absolute Gasteiger partial charge is 0.224 e. The predicted octanol–water partition coefficient (Wildman–Crippen LogP) is 4.22. The SMILES string of the molecule is CCSc1ccc(C(C)NC(=O)Cc2ccc(N)cc2)cc1.Cl. The molecule has 23 heavy (non-hydrogen) atoms. The van der Waals surface area contributed by atoms with Gasteiger partial charge in [-0.05, 0) is 48.1 Å². The molecule has 0 heterocycles. The van der Waals surface area contributed by atoms with Crippen molar-refractivity contribution in [1.29, 1.82) is 0 Å². The first-order chi connectivity index (χ1) is 10.6. The highest BCUT2D eigenvalue weighted by Gasteiger charge is 2.10. The molecular formula is C18H23ClN2OS. The number of benzene rings is 2. The minimum Gasteiger partial charge on any atom is -0.399 e. The summed E-state index contributed by atoms with van der Waals surface area (Å²) in [6.45, 7) is 4.14. The Morgan fingerprint density at radius 1 is 1.13 bits per heavy atom. The predicted molar refractivity (Wildman–Crippen MR) is 101 cm³/mol. The second kappa shape index (κ2) is 9.48. The van der Waals surface area contributed by atoms with Gasteiger partial charge in [0.1, 0.15) is 0 Å². The Balaban J connectivity index is 0.00000264. The van der Waals surface area contributed by atoms with Crippen LogP contribution in [0, 0.1) is 0 Å². The summed E-state index contributed by atoms with van der Waals surface area (Å²) in [7, 11) is 0. The quantitative estimate of drug-likeness (QED) is 0.605. The maximum Gasteiger partial charge on any atom is 0.224 e. The first kappa shape index (κ1) is 19.4. The number of carbonyl (C=O) groups is 1. The van der Waals surface area contributed by atoms with Gasteiger partial charge in [0.15, 0.2) is 0 Å². The molecule has 5 heteroatoms. The zero-order valence-electron chi connectivity index (χ0n) is 13.4. The number of hydrogen-bond acceptors (Lipinski definition) is 3.